The van der Waals surface area contributed by atoms with Crippen LogP contribution >= 0.6 is 0 Å². The van der Waals surface area contributed by atoms with Gasteiger partial charge in [-0.05, 0) is 35.9 Å². The summed E-state index contributed by atoms with van der Waals surface area (Å²) in [5.74, 6) is 0.249. The van der Waals surface area contributed by atoms with Gasteiger partial charge in [0.2, 0.25) is 5.91 Å². The van der Waals surface area contributed by atoms with Crippen molar-refractivity contribution in [2.45, 2.75) is 45.3 Å². The SMILES string of the molecule is CC[C@H](C)NC(=O)[C@H](Cc1ccccc1)N(Cc1ccccc1)C(=O)COc1cccc2ccccc12. The molecular weight excluding hydrogens is 460 g/mol. The highest BCUT2D eigenvalue weighted by molar-refractivity contribution is 5.90. The van der Waals surface area contributed by atoms with E-state index >= 15 is 0 Å². The standard InChI is InChI=1S/C32H34N2O3/c1-3-24(2)33-32(36)29(21-25-13-6-4-7-14-25)34(22-26-15-8-5-9-16-26)31(35)23-37-30-20-12-18-27-17-10-11-19-28(27)30/h4-20,24,29H,3,21-23H2,1-2H3,(H,33,36)/t24-,29-/m0/s1. The lowest BCUT2D eigenvalue weighted by atomic mass is 10.0. The monoisotopic (exact) mass is 494 g/mol. The minimum absolute atomic E-state index is 0.00591. The maximum Gasteiger partial charge on any atom is 0.261 e. The number of hydrogen-bond acceptors (Lipinski definition) is 3. The van der Waals surface area contributed by atoms with Crippen molar-refractivity contribution in [3.63, 3.8) is 0 Å². The van der Waals surface area contributed by atoms with Gasteiger partial charge in [0.25, 0.3) is 5.91 Å². The van der Waals surface area contributed by atoms with Crippen LogP contribution in [0.1, 0.15) is 31.4 Å². The summed E-state index contributed by atoms with van der Waals surface area (Å²) < 4.78 is 6.06. The van der Waals surface area contributed by atoms with Crippen molar-refractivity contribution in [1.29, 1.82) is 0 Å². The van der Waals surface area contributed by atoms with Gasteiger partial charge in [-0.2, -0.15) is 0 Å². The predicted molar refractivity (Wildman–Crippen MR) is 148 cm³/mol. The molecule has 0 saturated heterocycles. The molecule has 190 valence electrons. The number of nitrogens with one attached hydrogen (secondary N) is 1. The summed E-state index contributed by atoms with van der Waals surface area (Å²) >= 11 is 0. The van der Waals surface area contributed by atoms with Crippen LogP contribution in [-0.4, -0.2) is 35.4 Å². The average Bonchev–Trinajstić information content (AvgIpc) is 2.94. The molecule has 0 aliphatic carbocycles. The van der Waals surface area contributed by atoms with E-state index in [0.29, 0.717) is 18.7 Å². The molecule has 0 fully saturated rings. The fraction of sp³-hybridized carbons (Fsp3) is 0.250. The Bertz CT molecular complexity index is 1300. The first-order valence-electron chi connectivity index (χ1n) is 12.8. The Hall–Kier alpha value is -4.12. The molecule has 0 spiro atoms. The number of ether oxygens (including phenoxy) is 1. The minimum atomic E-state index is -0.680. The van der Waals surface area contributed by atoms with Crippen molar-refractivity contribution in [2.24, 2.45) is 0 Å². The van der Waals surface area contributed by atoms with Crippen molar-refractivity contribution in [3.8, 4) is 5.75 Å². The van der Waals surface area contributed by atoms with Crippen LogP contribution in [0.4, 0.5) is 0 Å². The lowest BCUT2D eigenvalue weighted by Crippen LogP contribution is -2.53. The van der Waals surface area contributed by atoms with Gasteiger partial charge in [0.1, 0.15) is 11.8 Å². The van der Waals surface area contributed by atoms with E-state index < -0.39 is 6.04 Å². The molecule has 0 aromatic heterocycles. The van der Waals surface area contributed by atoms with Gasteiger partial charge in [-0.15, -0.1) is 0 Å². The molecule has 0 saturated carbocycles. The van der Waals surface area contributed by atoms with Crippen molar-refractivity contribution < 1.29 is 14.3 Å². The van der Waals surface area contributed by atoms with Crippen LogP contribution in [0.15, 0.2) is 103 Å². The summed E-state index contributed by atoms with van der Waals surface area (Å²) in [4.78, 5) is 29.0. The van der Waals surface area contributed by atoms with E-state index in [4.69, 9.17) is 4.74 Å². The molecule has 0 radical (unpaired) electrons. The van der Waals surface area contributed by atoms with E-state index in [-0.39, 0.29) is 24.5 Å². The van der Waals surface area contributed by atoms with Gasteiger partial charge in [0, 0.05) is 24.4 Å². The molecule has 5 heteroatoms. The van der Waals surface area contributed by atoms with Crippen molar-refractivity contribution in [3.05, 3.63) is 114 Å². The molecular formula is C32H34N2O3. The number of amides is 2. The molecule has 0 aliphatic heterocycles. The van der Waals surface area contributed by atoms with E-state index in [1.807, 2.05) is 117 Å². The summed E-state index contributed by atoms with van der Waals surface area (Å²) in [6.07, 6.45) is 1.22. The topological polar surface area (TPSA) is 58.6 Å². The average molecular weight is 495 g/mol. The van der Waals surface area contributed by atoms with Crippen LogP contribution in [0.3, 0.4) is 0 Å². The molecule has 0 unspecified atom stereocenters. The number of carbonyl (C=O) groups excluding carboxylic acids is 2. The first-order chi connectivity index (χ1) is 18.0. The summed E-state index contributed by atoms with van der Waals surface area (Å²) in [5.41, 5.74) is 1.95. The number of rotatable bonds is 11. The number of carbonyl (C=O) groups is 2. The second-order valence-electron chi connectivity index (χ2n) is 9.30. The fourth-order valence-electron chi connectivity index (χ4n) is 4.32. The molecule has 1 N–H and O–H groups in total. The number of nitrogens with zero attached hydrogens (tertiary/aromatic N) is 1. The largest absolute Gasteiger partial charge is 0.483 e. The Kier molecular flexibility index (Phi) is 8.93. The van der Waals surface area contributed by atoms with Crippen LogP contribution in [0, 0.1) is 0 Å². The first kappa shape index (κ1) is 26.0. The van der Waals surface area contributed by atoms with Crippen LogP contribution in [0.2, 0.25) is 0 Å². The third-order valence-corrected chi connectivity index (χ3v) is 6.57. The molecule has 2 atom stereocenters. The highest BCUT2D eigenvalue weighted by atomic mass is 16.5. The summed E-state index contributed by atoms with van der Waals surface area (Å²) in [7, 11) is 0. The summed E-state index contributed by atoms with van der Waals surface area (Å²) in [5, 5.41) is 5.09. The second kappa shape index (κ2) is 12.7. The lowest BCUT2D eigenvalue weighted by Gasteiger charge is -2.32. The normalized spacial score (nSPS) is 12.5. The molecule has 0 heterocycles. The van der Waals surface area contributed by atoms with Crippen LogP contribution in [-0.2, 0) is 22.6 Å². The van der Waals surface area contributed by atoms with Gasteiger partial charge in [-0.1, -0.05) is 104 Å². The van der Waals surface area contributed by atoms with E-state index in [1.165, 1.54) is 0 Å². The van der Waals surface area contributed by atoms with Gasteiger partial charge >= 0.3 is 0 Å². The molecule has 4 aromatic rings. The highest BCUT2D eigenvalue weighted by Gasteiger charge is 2.31. The van der Waals surface area contributed by atoms with Crippen molar-refractivity contribution >= 4 is 22.6 Å². The molecule has 4 rings (SSSR count). The molecule has 0 aliphatic rings. The summed E-state index contributed by atoms with van der Waals surface area (Å²) in [6.45, 7) is 4.15. The molecule has 2 amide bonds. The second-order valence-corrected chi connectivity index (χ2v) is 9.30. The third kappa shape index (κ3) is 6.98. The van der Waals surface area contributed by atoms with Gasteiger partial charge in [0.05, 0.1) is 0 Å². The number of fused-ring (bicyclic) bond motifs is 1. The maximum atomic E-state index is 13.8. The number of benzene rings is 4. The zero-order valence-corrected chi connectivity index (χ0v) is 21.5. The molecule has 37 heavy (non-hydrogen) atoms. The van der Waals surface area contributed by atoms with Gasteiger partial charge in [-0.25, -0.2) is 0 Å². The van der Waals surface area contributed by atoms with Crippen LogP contribution in [0.5, 0.6) is 5.75 Å². The zero-order chi connectivity index (χ0) is 26.0. The van der Waals surface area contributed by atoms with E-state index in [1.54, 1.807) is 4.90 Å². The van der Waals surface area contributed by atoms with Gasteiger partial charge in [0.15, 0.2) is 6.61 Å². The number of hydrogen-bond donors (Lipinski definition) is 1. The van der Waals surface area contributed by atoms with E-state index in [9.17, 15) is 9.59 Å². The van der Waals surface area contributed by atoms with E-state index in [0.717, 1.165) is 28.3 Å². The van der Waals surface area contributed by atoms with Crippen molar-refractivity contribution in [2.75, 3.05) is 6.61 Å². The molecule has 0 bridgehead atoms. The Morgan fingerprint density at radius 1 is 0.811 bits per heavy atom. The van der Waals surface area contributed by atoms with Gasteiger partial charge < -0.3 is 15.0 Å². The lowest BCUT2D eigenvalue weighted by molar-refractivity contribution is -0.143. The van der Waals surface area contributed by atoms with Crippen LogP contribution in [0.25, 0.3) is 10.8 Å². The quantitative estimate of drug-likeness (QED) is 0.288. The zero-order valence-electron chi connectivity index (χ0n) is 21.5. The smallest absolute Gasteiger partial charge is 0.261 e. The molecule has 4 aromatic carbocycles. The van der Waals surface area contributed by atoms with Crippen molar-refractivity contribution in [1.82, 2.24) is 10.2 Å². The predicted octanol–water partition coefficient (Wildman–Crippen LogP) is 5.77. The minimum Gasteiger partial charge on any atom is -0.483 e. The highest BCUT2D eigenvalue weighted by Crippen LogP contribution is 2.25. The van der Waals surface area contributed by atoms with E-state index in [2.05, 4.69) is 5.32 Å². The maximum absolute atomic E-state index is 13.8. The molecule has 5 nitrogen and oxygen atoms in total. The Morgan fingerprint density at radius 3 is 2.14 bits per heavy atom. The van der Waals surface area contributed by atoms with Crippen LogP contribution < -0.4 is 10.1 Å². The summed E-state index contributed by atoms with van der Waals surface area (Å²) in [6, 6.07) is 32.6. The Labute approximate surface area is 219 Å². The Morgan fingerprint density at radius 2 is 1.43 bits per heavy atom. The fourth-order valence-corrected chi connectivity index (χ4v) is 4.32. The Balaban J connectivity index is 1.63. The van der Waals surface area contributed by atoms with Gasteiger partial charge in [-0.3, -0.25) is 9.59 Å². The first-order valence-corrected chi connectivity index (χ1v) is 12.8. The third-order valence-electron chi connectivity index (χ3n) is 6.57.